The molecule has 0 saturated carbocycles. The number of hydrogen-bond acceptors (Lipinski definition) is 5. The third-order valence-corrected chi connectivity index (χ3v) is 4.69. The lowest BCUT2D eigenvalue weighted by molar-refractivity contribution is 0.0701. The second-order valence-corrected chi connectivity index (χ2v) is 6.01. The largest absolute Gasteiger partial charge is 0.494 e. The van der Waals surface area contributed by atoms with Crippen LogP contribution in [0.15, 0.2) is 24.3 Å². The number of thiazole rings is 1. The summed E-state index contributed by atoms with van der Waals surface area (Å²) in [6.07, 6.45) is 0. The summed E-state index contributed by atoms with van der Waals surface area (Å²) in [6, 6.07) is 6.31. The molecule has 118 valence electrons. The molecule has 1 aromatic heterocycles. The summed E-state index contributed by atoms with van der Waals surface area (Å²) in [4.78, 5) is 15.6. The molecule has 0 aliphatic carbocycles. The zero-order chi connectivity index (χ0) is 16.7. The van der Waals surface area contributed by atoms with Crippen molar-refractivity contribution in [3.63, 3.8) is 0 Å². The van der Waals surface area contributed by atoms with E-state index in [4.69, 9.17) is 15.6 Å². The first-order valence-corrected chi connectivity index (χ1v) is 7.50. The number of aryl methyl sites for hydroxylation is 1. The van der Waals surface area contributed by atoms with Crippen LogP contribution in [0.4, 0.5) is 10.1 Å². The topological polar surface area (TPSA) is 85.4 Å². The van der Waals surface area contributed by atoms with Crippen molar-refractivity contribution in [2.75, 3.05) is 12.8 Å². The van der Waals surface area contributed by atoms with E-state index in [1.165, 1.54) is 13.2 Å². The molecular weight excluding hydrogens is 319 g/mol. The summed E-state index contributed by atoms with van der Waals surface area (Å²) in [5.41, 5.74) is 7.59. The average molecular weight is 332 g/mol. The SMILES string of the molecule is COc1cc2c(N)cc(-c3nc(C)c(C(=O)O)s3)cc2cc1F. The Morgan fingerprint density at radius 1 is 1.35 bits per heavy atom. The zero-order valence-electron chi connectivity index (χ0n) is 12.4. The second kappa shape index (κ2) is 5.51. The molecule has 7 heteroatoms. The molecule has 0 amide bonds. The number of carbonyl (C=O) groups is 1. The molecule has 3 rings (SSSR count). The first kappa shape index (κ1) is 15.2. The van der Waals surface area contributed by atoms with Crippen molar-refractivity contribution in [2.24, 2.45) is 0 Å². The van der Waals surface area contributed by atoms with Gasteiger partial charge in [0.25, 0.3) is 0 Å². The van der Waals surface area contributed by atoms with Crippen molar-refractivity contribution in [2.45, 2.75) is 6.92 Å². The number of anilines is 1. The Morgan fingerprint density at radius 2 is 2.09 bits per heavy atom. The van der Waals surface area contributed by atoms with Crippen LogP contribution in [0.1, 0.15) is 15.4 Å². The molecule has 1 heterocycles. The van der Waals surface area contributed by atoms with Gasteiger partial charge in [-0.1, -0.05) is 0 Å². The number of halogens is 1. The maximum atomic E-state index is 13.9. The number of nitrogen functional groups attached to an aromatic ring is 1. The number of nitrogens with two attached hydrogens (primary N) is 1. The van der Waals surface area contributed by atoms with Crippen LogP contribution < -0.4 is 10.5 Å². The van der Waals surface area contributed by atoms with Crippen LogP contribution in [-0.4, -0.2) is 23.2 Å². The summed E-state index contributed by atoms with van der Waals surface area (Å²) in [5.74, 6) is -1.39. The van der Waals surface area contributed by atoms with Gasteiger partial charge in [-0.25, -0.2) is 14.2 Å². The van der Waals surface area contributed by atoms with Gasteiger partial charge in [0.15, 0.2) is 11.6 Å². The first-order chi connectivity index (χ1) is 10.9. The minimum absolute atomic E-state index is 0.121. The lowest BCUT2D eigenvalue weighted by atomic mass is 10.0. The van der Waals surface area contributed by atoms with Crippen LogP contribution in [0, 0.1) is 12.7 Å². The molecular formula is C16H13FN2O3S. The molecule has 0 radical (unpaired) electrons. The molecule has 0 bridgehead atoms. The Labute approximate surface area is 135 Å². The van der Waals surface area contributed by atoms with Gasteiger partial charge >= 0.3 is 5.97 Å². The van der Waals surface area contributed by atoms with Crippen LogP contribution in [0.2, 0.25) is 0 Å². The molecule has 3 N–H and O–H groups in total. The van der Waals surface area contributed by atoms with Crippen molar-refractivity contribution < 1.29 is 19.0 Å². The van der Waals surface area contributed by atoms with Gasteiger partial charge in [-0.3, -0.25) is 0 Å². The Morgan fingerprint density at radius 3 is 2.70 bits per heavy atom. The Balaban J connectivity index is 2.20. The van der Waals surface area contributed by atoms with Crippen molar-refractivity contribution >= 4 is 33.8 Å². The summed E-state index contributed by atoms with van der Waals surface area (Å²) in [6.45, 7) is 1.64. The number of fused-ring (bicyclic) bond motifs is 1. The third kappa shape index (κ3) is 2.59. The number of methoxy groups -OCH3 is 1. The van der Waals surface area contributed by atoms with E-state index in [9.17, 15) is 9.18 Å². The van der Waals surface area contributed by atoms with Gasteiger partial charge in [0.2, 0.25) is 0 Å². The highest BCUT2D eigenvalue weighted by atomic mass is 32.1. The minimum atomic E-state index is -1.02. The van der Waals surface area contributed by atoms with Crippen LogP contribution in [-0.2, 0) is 0 Å². The standard InChI is InChI=1S/C16H13FN2O3S/c1-7-14(16(20)21)23-15(19-7)9-3-8-4-11(17)13(22-2)6-10(8)12(18)5-9/h3-6H,18H2,1-2H3,(H,20,21). The van der Waals surface area contributed by atoms with E-state index in [-0.39, 0.29) is 10.6 Å². The molecule has 0 fully saturated rings. The van der Waals surface area contributed by atoms with Gasteiger partial charge in [-0.05, 0) is 36.6 Å². The maximum Gasteiger partial charge on any atom is 0.347 e. The molecule has 0 aliphatic heterocycles. The van der Waals surface area contributed by atoms with Crippen LogP contribution in [0.3, 0.4) is 0 Å². The predicted molar refractivity (Wildman–Crippen MR) is 87.7 cm³/mol. The highest BCUT2D eigenvalue weighted by Crippen LogP contribution is 2.35. The fourth-order valence-corrected chi connectivity index (χ4v) is 3.28. The highest BCUT2D eigenvalue weighted by Gasteiger charge is 2.16. The molecule has 0 spiro atoms. The van der Waals surface area contributed by atoms with Gasteiger partial charge in [-0.15, -0.1) is 11.3 Å². The van der Waals surface area contributed by atoms with Crippen LogP contribution >= 0.6 is 11.3 Å². The molecule has 0 aliphatic rings. The Bertz CT molecular complexity index is 937. The number of nitrogens with zero attached hydrogens (tertiary/aromatic N) is 1. The fraction of sp³-hybridized carbons (Fsp3) is 0.125. The average Bonchev–Trinajstić information content (AvgIpc) is 2.88. The van der Waals surface area contributed by atoms with E-state index in [0.717, 1.165) is 11.3 Å². The van der Waals surface area contributed by atoms with Crippen LogP contribution in [0.5, 0.6) is 5.75 Å². The fourth-order valence-electron chi connectivity index (χ4n) is 2.39. The van der Waals surface area contributed by atoms with Gasteiger partial charge in [0, 0.05) is 16.6 Å². The molecule has 5 nitrogen and oxygen atoms in total. The van der Waals surface area contributed by atoms with E-state index in [1.807, 2.05) is 0 Å². The molecule has 0 unspecified atom stereocenters. The molecule has 23 heavy (non-hydrogen) atoms. The van der Waals surface area contributed by atoms with Gasteiger partial charge in [0.1, 0.15) is 9.88 Å². The number of ether oxygens (including phenoxy) is 1. The van der Waals surface area contributed by atoms with Gasteiger partial charge in [0.05, 0.1) is 12.8 Å². The van der Waals surface area contributed by atoms with E-state index < -0.39 is 11.8 Å². The lowest BCUT2D eigenvalue weighted by Crippen LogP contribution is -1.94. The zero-order valence-corrected chi connectivity index (χ0v) is 13.2. The highest BCUT2D eigenvalue weighted by molar-refractivity contribution is 7.17. The van der Waals surface area contributed by atoms with Crippen molar-refractivity contribution in [1.29, 1.82) is 0 Å². The first-order valence-electron chi connectivity index (χ1n) is 6.68. The van der Waals surface area contributed by atoms with Crippen LogP contribution in [0.25, 0.3) is 21.3 Å². The van der Waals surface area contributed by atoms with E-state index in [1.54, 1.807) is 25.1 Å². The number of aromatic nitrogens is 1. The van der Waals surface area contributed by atoms with E-state index >= 15 is 0 Å². The number of carboxylic acids is 1. The molecule has 0 saturated heterocycles. The second-order valence-electron chi connectivity index (χ2n) is 5.01. The monoisotopic (exact) mass is 332 g/mol. The number of carboxylic acid groups (broad SMARTS) is 1. The third-order valence-electron chi connectivity index (χ3n) is 3.49. The van der Waals surface area contributed by atoms with Gasteiger partial charge in [-0.2, -0.15) is 0 Å². The summed E-state index contributed by atoms with van der Waals surface area (Å²) < 4.78 is 18.9. The number of rotatable bonds is 3. The predicted octanol–water partition coefficient (Wildman–Crippen LogP) is 3.70. The maximum absolute atomic E-state index is 13.9. The summed E-state index contributed by atoms with van der Waals surface area (Å²) >= 11 is 1.07. The number of aromatic carboxylic acids is 1. The summed E-state index contributed by atoms with van der Waals surface area (Å²) in [7, 11) is 1.39. The van der Waals surface area contributed by atoms with Gasteiger partial charge < -0.3 is 15.6 Å². The lowest BCUT2D eigenvalue weighted by Gasteiger charge is -2.08. The normalized spacial score (nSPS) is 10.9. The molecule has 2 aromatic carbocycles. The smallest absolute Gasteiger partial charge is 0.347 e. The Kier molecular flexibility index (Phi) is 3.65. The van der Waals surface area contributed by atoms with Crippen molar-refractivity contribution in [3.05, 3.63) is 40.7 Å². The minimum Gasteiger partial charge on any atom is -0.494 e. The Hall–Kier alpha value is -2.67. The summed E-state index contributed by atoms with van der Waals surface area (Å²) in [5, 5.41) is 10.9. The van der Waals surface area contributed by atoms with Crippen molar-refractivity contribution in [1.82, 2.24) is 4.98 Å². The van der Waals surface area contributed by atoms with E-state index in [2.05, 4.69) is 4.98 Å². The molecule has 3 aromatic rings. The quantitative estimate of drug-likeness (QED) is 0.714. The van der Waals surface area contributed by atoms with Crippen molar-refractivity contribution in [3.8, 4) is 16.3 Å². The van der Waals surface area contributed by atoms with E-state index in [0.29, 0.717) is 32.7 Å². The number of hydrogen-bond donors (Lipinski definition) is 2. The number of benzene rings is 2. The molecule has 0 atom stereocenters.